The molecule has 1 heterocycles. The van der Waals surface area contributed by atoms with E-state index in [9.17, 15) is 4.79 Å². The Labute approximate surface area is 116 Å². The molecule has 5 nitrogen and oxygen atoms in total. The van der Waals surface area contributed by atoms with Crippen molar-refractivity contribution in [1.29, 1.82) is 0 Å². The predicted molar refractivity (Wildman–Crippen MR) is 76.8 cm³/mol. The summed E-state index contributed by atoms with van der Waals surface area (Å²) in [6, 6.07) is 2.18. The molecule has 0 aliphatic rings. The van der Waals surface area contributed by atoms with Gasteiger partial charge >= 0.3 is 0 Å². The van der Waals surface area contributed by atoms with Gasteiger partial charge in [-0.1, -0.05) is 0 Å². The number of amides is 1. The summed E-state index contributed by atoms with van der Waals surface area (Å²) in [5.74, 6) is 0.147. The molecular weight excluding hydrogens is 240 g/mol. The number of aromatic nitrogens is 2. The summed E-state index contributed by atoms with van der Waals surface area (Å²) in [6.45, 7) is 12.2. The topological polar surface area (TPSA) is 50.2 Å². The standard InChI is InChI=1S/C14H26N4O/c1-6-17(7-2)14(19)12(5)15-10-13-8-9-18(16-13)11(3)4/h8-9,11-12,15H,6-7,10H2,1-5H3. The fourth-order valence-corrected chi connectivity index (χ4v) is 1.91. The van der Waals surface area contributed by atoms with Gasteiger partial charge in [0.25, 0.3) is 0 Å². The molecule has 0 radical (unpaired) electrons. The van der Waals surface area contributed by atoms with Gasteiger partial charge in [-0.15, -0.1) is 0 Å². The van der Waals surface area contributed by atoms with Crippen molar-refractivity contribution in [2.45, 2.75) is 53.2 Å². The van der Waals surface area contributed by atoms with Crippen molar-refractivity contribution >= 4 is 5.91 Å². The van der Waals surface area contributed by atoms with E-state index in [1.54, 1.807) is 0 Å². The van der Waals surface area contributed by atoms with E-state index in [-0.39, 0.29) is 11.9 Å². The van der Waals surface area contributed by atoms with Crippen LogP contribution < -0.4 is 5.32 Å². The Kier molecular flexibility index (Phi) is 6.02. The quantitative estimate of drug-likeness (QED) is 0.819. The lowest BCUT2D eigenvalue weighted by molar-refractivity contribution is -0.132. The maximum atomic E-state index is 12.1. The molecule has 0 aromatic carbocycles. The number of hydrogen-bond donors (Lipinski definition) is 1. The zero-order valence-electron chi connectivity index (χ0n) is 12.7. The van der Waals surface area contributed by atoms with Crippen molar-refractivity contribution in [2.24, 2.45) is 0 Å². The van der Waals surface area contributed by atoms with Gasteiger partial charge in [-0.25, -0.2) is 0 Å². The van der Waals surface area contributed by atoms with Gasteiger partial charge in [0.15, 0.2) is 0 Å². The number of carbonyl (C=O) groups is 1. The smallest absolute Gasteiger partial charge is 0.239 e. The average molecular weight is 266 g/mol. The third-order valence-corrected chi connectivity index (χ3v) is 3.23. The number of likely N-dealkylation sites (N-methyl/N-ethyl adjacent to an activating group) is 1. The minimum Gasteiger partial charge on any atom is -0.342 e. The Hall–Kier alpha value is -1.36. The van der Waals surface area contributed by atoms with Gasteiger partial charge in [0.1, 0.15) is 0 Å². The average Bonchev–Trinajstić information content (AvgIpc) is 2.86. The molecule has 1 N–H and O–H groups in total. The molecule has 0 spiro atoms. The van der Waals surface area contributed by atoms with Crippen LogP contribution in [0.25, 0.3) is 0 Å². The molecule has 5 heteroatoms. The summed E-state index contributed by atoms with van der Waals surface area (Å²) in [5, 5.41) is 7.69. The van der Waals surface area contributed by atoms with Crippen LogP contribution >= 0.6 is 0 Å². The van der Waals surface area contributed by atoms with Crippen LogP contribution in [0.2, 0.25) is 0 Å². The SMILES string of the molecule is CCN(CC)C(=O)C(C)NCc1ccn(C(C)C)n1. The molecule has 19 heavy (non-hydrogen) atoms. The first-order valence-corrected chi connectivity index (χ1v) is 7.05. The predicted octanol–water partition coefficient (Wildman–Crippen LogP) is 1.81. The maximum absolute atomic E-state index is 12.1. The highest BCUT2D eigenvalue weighted by Crippen LogP contribution is 2.04. The highest BCUT2D eigenvalue weighted by molar-refractivity contribution is 5.81. The molecule has 108 valence electrons. The lowest BCUT2D eigenvalue weighted by atomic mass is 10.2. The van der Waals surface area contributed by atoms with Crippen LogP contribution in [0, 0.1) is 0 Å². The summed E-state index contributed by atoms with van der Waals surface area (Å²) >= 11 is 0. The second kappa shape index (κ2) is 7.28. The van der Waals surface area contributed by atoms with Gasteiger partial charge in [0.2, 0.25) is 5.91 Å². The number of nitrogens with zero attached hydrogens (tertiary/aromatic N) is 3. The van der Waals surface area contributed by atoms with E-state index in [0.29, 0.717) is 12.6 Å². The first-order chi connectivity index (χ1) is 8.99. The number of nitrogens with one attached hydrogen (secondary N) is 1. The Morgan fingerprint density at radius 2 is 2.00 bits per heavy atom. The van der Waals surface area contributed by atoms with Crippen LogP contribution in [0.5, 0.6) is 0 Å². The van der Waals surface area contributed by atoms with Crippen molar-refractivity contribution in [3.63, 3.8) is 0 Å². The molecule has 0 aliphatic carbocycles. The van der Waals surface area contributed by atoms with E-state index in [1.807, 2.05) is 42.6 Å². The number of carbonyl (C=O) groups excluding carboxylic acids is 1. The Morgan fingerprint density at radius 1 is 1.37 bits per heavy atom. The molecule has 0 aliphatic heterocycles. The van der Waals surface area contributed by atoms with Gasteiger partial charge in [-0.2, -0.15) is 5.10 Å². The van der Waals surface area contributed by atoms with E-state index in [0.717, 1.165) is 18.8 Å². The zero-order valence-corrected chi connectivity index (χ0v) is 12.7. The molecule has 1 amide bonds. The van der Waals surface area contributed by atoms with E-state index >= 15 is 0 Å². The van der Waals surface area contributed by atoms with Crippen molar-refractivity contribution in [3.05, 3.63) is 18.0 Å². The van der Waals surface area contributed by atoms with Crippen molar-refractivity contribution in [1.82, 2.24) is 20.0 Å². The number of hydrogen-bond acceptors (Lipinski definition) is 3. The molecule has 0 saturated carbocycles. The molecule has 0 saturated heterocycles. The van der Waals surface area contributed by atoms with Gasteiger partial charge in [0, 0.05) is 31.9 Å². The van der Waals surface area contributed by atoms with Crippen LogP contribution in [-0.2, 0) is 11.3 Å². The van der Waals surface area contributed by atoms with E-state index < -0.39 is 0 Å². The second-order valence-corrected chi connectivity index (χ2v) is 4.99. The summed E-state index contributed by atoms with van der Waals surface area (Å²) in [4.78, 5) is 13.9. The highest BCUT2D eigenvalue weighted by atomic mass is 16.2. The normalized spacial score (nSPS) is 12.7. The van der Waals surface area contributed by atoms with Crippen LogP contribution in [-0.4, -0.2) is 39.7 Å². The second-order valence-electron chi connectivity index (χ2n) is 4.99. The maximum Gasteiger partial charge on any atom is 0.239 e. The van der Waals surface area contributed by atoms with Gasteiger partial charge in [-0.3, -0.25) is 9.48 Å². The fraction of sp³-hybridized carbons (Fsp3) is 0.714. The first kappa shape index (κ1) is 15.7. The third-order valence-electron chi connectivity index (χ3n) is 3.23. The van der Waals surface area contributed by atoms with Gasteiger partial charge < -0.3 is 10.2 Å². The van der Waals surface area contributed by atoms with E-state index in [2.05, 4.69) is 24.3 Å². The molecule has 1 aromatic heterocycles. The van der Waals surface area contributed by atoms with Gasteiger partial charge in [-0.05, 0) is 40.7 Å². The first-order valence-electron chi connectivity index (χ1n) is 7.05. The van der Waals surface area contributed by atoms with Crippen molar-refractivity contribution in [3.8, 4) is 0 Å². The van der Waals surface area contributed by atoms with Crippen molar-refractivity contribution < 1.29 is 4.79 Å². The number of rotatable bonds is 7. The highest BCUT2D eigenvalue weighted by Gasteiger charge is 2.17. The fourth-order valence-electron chi connectivity index (χ4n) is 1.91. The lowest BCUT2D eigenvalue weighted by Crippen LogP contribution is -2.44. The monoisotopic (exact) mass is 266 g/mol. The molecule has 1 atom stereocenters. The minimum atomic E-state index is -0.177. The van der Waals surface area contributed by atoms with Gasteiger partial charge in [0.05, 0.1) is 11.7 Å². The summed E-state index contributed by atoms with van der Waals surface area (Å²) in [5.41, 5.74) is 0.966. The van der Waals surface area contributed by atoms with Crippen LogP contribution in [0.1, 0.15) is 46.4 Å². The van der Waals surface area contributed by atoms with E-state index in [1.165, 1.54) is 0 Å². The molecule has 1 aromatic rings. The van der Waals surface area contributed by atoms with Crippen molar-refractivity contribution in [2.75, 3.05) is 13.1 Å². The zero-order chi connectivity index (χ0) is 14.4. The summed E-state index contributed by atoms with van der Waals surface area (Å²) < 4.78 is 1.92. The largest absolute Gasteiger partial charge is 0.342 e. The summed E-state index contributed by atoms with van der Waals surface area (Å²) in [7, 11) is 0. The summed E-state index contributed by atoms with van der Waals surface area (Å²) in [6.07, 6.45) is 1.97. The van der Waals surface area contributed by atoms with E-state index in [4.69, 9.17) is 0 Å². The minimum absolute atomic E-state index is 0.147. The van der Waals surface area contributed by atoms with Crippen LogP contribution in [0.15, 0.2) is 12.3 Å². The Morgan fingerprint density at radius 3 is 2.47 bits per heavy atom. The lowest BCUT2D eigenvalue weighted by Gasteiger charge is -2.23. The Bertz CT molecular complexity index is 396. The van der Waals surface area contributed by atoms with Crippen LogP contribution in [0.4, 0.5) is 0 Å². The molecule has 0 bridgehead atoms. The molecule has 1 unspecified atom stereocenters. The van der Waals surface area contributed by atoms with Crippen LogP contribution in [0.3, 0.4) is 0 Å². The molecular formula is C14H26N4O. The molecule has 0 fully saturated rings. The third kappa shape index (κ3) is 4.35. The Balaban J connectivity index is 2.49. The molecule has 1 rings (SSSR count).